The fourth-order valence-electron chi connectivity index (χ4n) is 11.2. The van der Waals surface area contributed by atoms with Crippen LogP contribution in [0.15, 0.2) is 0 Å². The molecule has 6 heteroatoms. The van der Waals surface area contributed by atoms with Crippen molar-refractivity contribution in [3.63, 3.8) is 0 Å². The quantitative estimate of drug-likeness (QED) is 0.0417. The number of nitrogens with one attached hydrogen (secondary N) is 1. The molecule has 0 saturated carbocycles. The molecule has 0 aromatic rings. The second-order valence-electron chi connectivity index (χ2n) is 23.9. The normalized spacial score (nSPS) is 12.4. The highest BCUT2D eigenvalue weighted by Crippen LogP contribution is 2.19. The maximum absolute atomic E-state index is 12.4. The van der Waals surface area contributed by atoms with Gasteiger partial charge in [0, 0.05) is 12.8 Å². The molecule has 0 aliphatic heterocycles. The number of unbranched alkanes of at least 4 members (excludes halogenated alkanes) is 54. The molecule has 0 fully saturated rings. The molecule has 0 aromatic carbocycles. The van der Waals surface area contributed by atoms with Crippen molar-refractivity contribution in [1.29, 1.82) is 0 Å². The summed E-state index contributed by atoms with van der Waals surface area (Å²) in [4.78, 5) is 24.4. The Morgan fingerprint density at radius 1 is 0.324 bits per heavy atom. The third-order valence-electron chi connectivity index (χ3n) is 16.4. The number of ether oxygens (including phenoxy) is 1. The zero-order valence-corrected chi connectivity index (χ0v) is 50.6. The minimum Gasteiger partial charge on any atom is -0.466 e. The Kier molecular flexibility index (Phi) is 63.4. The van der Waals surface area contributed by atoms with Crippen molar-refractivity contribution < 1.29 is 24.5 Å². The third-order valence-corrected chi connectivity index (χ3v) is 16.4. The van der Waals surface area contributed by atoms with Crippen LogP contribution in [-0.2, 0) is 14.3 Å². The lowest BCUT2D eigenvalue weighted by Crippen LogP contribution is -2.45. The minimum absolute atomic E-state index is 0.0238. The van der Waals surface area contributed by atoms with Crippen LogP contribution in [0.1, 0.15) is 399 Å². The number of amides is 1. The van der Waals surface area contributed by atoms with Crippen LogP contribution < -0.4 is 5.32 Å². The van der Waals surface area contributed by atoms with E-state index in [4.69, 9.17) is 4.74 Å². The highest BCUT2D eigenvalue weighted by molar-refractivity contribution is 5.76. The van der Waals surface area contributed by atoms with Gasteiger partial charge in [-0.15, -0.1) is 0 Å². The molecule has 0 aromatic heterocycles. The monoisotopic (exact) mass is 1050 g/mol. The van der Waals surface area contributed by atoms with Gasteiger partial charge in [0.15, 0.2) is 0 Å². The predicted octanol–water partition coefficient (Wildman–Crippen LogP) is 21.8. The maximum atomic E-state index is 12.4. The molecule has 3 N–H and O–H groups in total. The van der Waals surface area contributed by atoms with E-state index in [0.29, 0.717) is 25.9 Å². The van der Waals surface area contributed by atoms with Crippen LogP contribution in [0.5, 0.6) is 0 Å². The van der Waals surface area contributed by atoms with E-state index >= 15 is 0 Å². The first-order valence-corrected chi connectivity index (χ1v) is 34.3. The number of carbonyl (C=O) groups excluding carboxylic acids is 2. The maximum Gasteiger partial charge on any atom is 0.305 e. The molecule has 0 heterocycles. The molecule has 6 nitrogen and oxygen atoms in total. The van der Waals surface area contributed by atoms with E-state index in [2.05, 4.69) is 19.2 Å². The Hall–Kier alpha value is -1.14. The first-order valence-electron chi connectivity index (χ1n) is 34.3. The predicted molar refractivity (Wildman–Crippen MR) is 324 cm³/mol. The molecule has 0 rings (SSSR count). The zero-order valence-electron chi connectivity index (χ0n) is 50.6. The number of aliphatic hydroxyl groups is 2. The number of carbonyl (C=O) groups is 2. The average molecular weight is 1050 g/mol. The van der Waals surface area contributed by atoms with Crippen molar-refractivity contribution in [3.8, 4) is 0 Å². The fourth-order valence-corrected chi connectivity index (χ4v) is 11.2. The van der Waals surface area contributed by atoms with Crippen LogP contribution in [-0.4, -0.2) is 47.4 Å². The molecule has 0 saturated heterocycles. The van der Waals surface area contributed by atoms with Gasteiger partial charge in [0.1, 0.15) is 0 Å². The standard InChI is InChI=1S/C68H135NO5/c1-3-5-7-9-11-13-41-46-50-54-58-62-68(73)74-63-59-55-51-47-43-40-38-36-34-32-30-28-26-24-22-20-18-16-14-15-17-19-21-23-25-27-29-31-33-35-37-39-42-45-49-53-57-61-67(72)69-65(64-70)66(71)60-56-52-48-44-12-10-8-6-4-2/h65-66,70-71H,3-64H2,1-2H3,(H,69,72). The van der Waals surface area contributed by atoms with Gasteiger partial charge in [-0.05, 0) is 25.7 Å². The Morgan fingerprint density at radius 3 is 0.824 bits per heavy atom. The van der Waals surface area contributed by atoms with E-state index < -0.39 is 12.1 Å². The van der Waals surface area contributed by atoms with Gasteiger partial charge in [-0.1, -0.05) is 361 Å². The molecule has 0 bridgehead atoms. The number of hydrogen-bond acceptors (Lipinski definition) is 5. The van der Waals surface area contributed by atoms with Gasteiger partial charge in [0.25, 0.3) is 0 Å². The van der Waals surface area contributed by atoms with Crippen molar-refractivity contribution in [2.45, 2.75) is 411 Å². The highest BCUT2D eigenvalue weighted by atomic mass is 16.5. The largest absolute Gasteiger partial charge is 0.466 e. The Labute approximate surface area is 464 Å². The molecule has 0 radical (unpaired) electrons. The summed E-state index contributed by atoms with van der Waals surface area (Å²) < 4.78 is 5.48. The topological polar surface area (TPSA) is 95.9 Å². The van der Waals surface area contributed by atoms with E-state index in [-0.39, 0.29) is 18.5 Å². The summed E-state index contributed by atoms with van der Waals surface area (Å²) in [6.07, 6.45) is 77.5. The summed E-state index contributed by atoms with van der Waals surface area (Å²) in [5, 5.41) is 23.1. The summed E-state index contributed by atoms with van der Waals surface area (Å²) >= 11 is 0. The van der Waals surface area contributed by atoms with Gasteiger partial charge < -0.3 is 20.3 Å². The lowest BCUT2D eigenvalue weighted by atomic mass is 10.0. The van der Waals surface area contributed by atoms with Crippen LogP contribution in [0.25, 0.3) is 0 Å². The van der Waals surface area contributed by atoms with Gasteiger partial charge in [-0.2, -0.15) is 0 Å². The SMILES string of the molecule is CCCCCCCCCCCCCC(=O)OCCCCCCCCCCCCCCCCCCCCCCCCCCCCCCCCCCCCCCCC(=O)NC(CO)C(O)CCCCCCCCCCC. The second-order valence-corrected chi connectivity index (χ2v) is 23.9. The Balaban J connectivity index is 3.25. The van der Waals surface area contributed by atoms with E-state index in [1.54, 1.807) is 0 Å². The van der Waals surface area contributed by atoms with E-state index in [1.165, 1.54) is 327 Å². The molecule has 0 spiro atoms. The Morgan fingerprint density at radius 2 is 0.554 bits per heavy atom. The van der Waals surface area contributed by atoms with Crippen molar-refractivity contribution in [3.05, 3.63) is 0 Å². The molecule has 2 atom stereocenters. The molecule has 74 heavy (non-hydrogen) atoms. The van der Waals surface area contributed by atoms with Crippen LogP contribution in [0.3, 0.4) is 0 Å². The first-order chi connectivity index (χ1) is 36.5. The van der Waals surface area contributed by atoms with Crippen LogP contribution in [0.4, 0.5) is 0 Å². The summed E-state index contributed by atoms with van der Waals surface area (Å²) in [6.45, 7) is 4.96. The summed E-state index contributed by atoms with van der Waals surface area (Å²) in [5.41, 5.74) is 0. The van der Waals surface area contributed by atoms with Gasteiger partial charge in [-0.3, -0.25) is 9.59 Å². The summed E-state index contributed by atoms with van der Waals surface area (Å²) in [5.74, 6) is -0.00551. The van der Waals surface area contributed by atoms with Crippen molar-refractivity contribution >= 4 is 11.9 Å². The molecule has 2 unspecified atom stereocenters. The van der Waals surface area contributed by atoms with Crippen molar-refractivity contribution in [2.24, 2.45) is 0 Å². The fraction of sp³-hybridized carbons (Fsp3) is 0.971. The minimum atomic E-state index is -0.656. The number of aliphatic hydroxyl groups excluding tert-OH is 2. The molecule has 0 aliphatic rings. The van der Waals surface area contributed by atoms with Crippen molar-refractivity contribution in [2.75, 3.05) is 13.2 Å². The van der Waals surface area contributed by atoms with Crippen LogP contribution in [0.2, 0.25) is 0 Å². The molecular weight excluding hydrogens is 911 g/mol. The van der Waals surface area contributed by atoms with E-state index in [1.807, 2.05) is 0 Å². The highest BCUT2D eigenvalue weighted by Gasteiger charge is 2.20. The summed E-state index contributed by atoms with van der Waals surface area (Å²) in [6, 6.07) is -0.533. The van der Waals surface area contributed by atoms with Crippen LogP contribution in [0, 0.1) is 0 Å². The molecular formula is C68H135NO5. The van der Waals surface area contributed by atoms with E-state index in [9.17, 15) is 19.8 Å². The molecule has 1 amide bonds. The lowest BCUT2D eigenvalue weighted by molar-refractivity contribution is -0.143. The number of esters is 1. The zero-order chi connectivity index (χ0) is 53.6. The van der Waals surface area contributed by atoms with Crippen molar-refractivity contribution in [1.82, 2.24) is 5.32 Å². The van der Waals surface area contributed by atoms with Gasteiger partial charge in [0.05, 0.1) is 25.4 Å². The average Bonchev–Trinajstić information content (AvgIpc) is 3.40. The number of rotatable bonds is 65. The lowest BCUT2D eigenvalue weighted by Gasteiger charge is -2.22. The molecule has 0 aliphatic carbocycles. The summed E-state index contributed by atoms with van der Waals surface area (Å²) in [7, 11) is 0. The van der Waals surface area contributed by atoms with Crippen LogP contribution >= 0.6 is 0 Å². The number of hydrogen-bond donors (Lipinski definition) is 3. The third kappa shape index (κ3) is 60.1. The first kappa shape index (κ1) is 72.9. The smallest absolute Gasteiger partial charge is 0.305 e. The van der Waals surface area contributed by atoms with Gasteiger partial charge in [-0.25, -0.2) is 0 Å². The van der Waals surface area contributed by atoms with Gasteiger partial charge >= 0.3 is 5.97 Å². The Bertz CT molecular complexity index is 1070. The second kappa shape index (κ2) is 64.4. The van der Waals surface area contributed by atoms with Gasteiger partial charge in [0.2, 0.25) is 5.91 Å². The molecule has 442 valence electrons. The van der Waals surface area contributed by atoms with E-state index in [0.717, 1.165) is 38.5 Å².